The van der Waals surface area contributed by atoms with Crippen LogP contribution in [0.4, 0.5) is 10.5 Å². The van der Waals surface area contributed by atoms with Gasteiger partial charge in [-0.05, 0) is 44.1 Å². The normalized spacial score (nSPS) is 14.5. The molecule has 4 rings (SSSR count). The molecule has 9 nitrogen and oxygen atoms in total. The Morgan fingerprint density at radius 3 is 2.73 bits per heavy atom. The van der Waals surface area contributed by atoms with Crippen molar-refractivity contribution < 1.29 is 14.3 Å². The van der Waals surface area contributed by atoms with Gasteiger partial charge in [-0.25, -0.2) is 14.8 Å². The van der Waals surface area contributed by atoms with Crippen molar-refractivity contribution in [2.45, 2.75) is 12.8 Å². The molecule has 0 aliphatic carbocycles. The quantitative estimate of drug-likeness (QED) is 0.612. The summed E-state index contributed by atoms with van der Waals surface area (Å²) in [4.78, 5) is 38.3. The maximum absolute atomic E-state index is 12.9. The Morgan fingerprint density at radius 2 is 1.97 bits per heavy atom. The van der Waals surface area contributed by atoms with E-state index in [2.05, 4.69) is 25.6 Å². The van der Waals surface area contributed by atoms with Gasteiger partial charge >= 0.3 is 6.09 Å². The van der Waals surface area contributed by atoms with E-state index in [-0.39, 0.29) is 11.8 Å². The summed E-state index contributed by atoms with van der Waals surface area (Å²) in [6.45, 7) is 1.64. The van der Waals surface area contributed by atoms with Crippen LogP contribution in [-0.2, 0) is 4.79 Å². The lowest BCUT2D eigenvalue weighted by Crippen LogP contribution is -2.34. The second kappa shape index (κ2) is 8.50. The third-order valence-electron chi connectivity index (χ3n) is 5.15. The topological polar surface area (TPSA) is 112 Å². The van der Waals surface area contributed by atoms with Crippen molar-refractivity contribution in [3.63, 3.8) is 0 Å². The van der Waals surface area contributed by atoms with E-state index in [1.54, 1.807) is 38.5 Å². The second-order valence-corrected chi connectivity index (χ2v) is 7.42. The van der Waals surface area contributed by atoms with Crippen molar-refractivity contribution >= 4 is 28.7 Å². The molecule has 3 aromatic rings. The third kappa shape index (κ3) is 3.97. The fourth-order valence-corrected chi connectivity index (χ4v) is 3.54. The molecule has 1 fully saturated rings. The van der Waals surface area contributed by atoms with E-state index in [1.165, 1.54) is 11.2 Å². The largest absolute Gasteiger partial charge is 0.414 e. The van der Waals surface area contributed by atoms with Gasteiger partial charge in [-0.2, -0.15) is 0 Å². The van der Waals surface area contributed by atoms with Crippen LogP contribution in [0.15, 0.2) is 36.8 Å². The molecule has 0 saturated carbocycles. The lowest BCUT2D eigenvalue weighted by atomic mass is 9.96. The van der Waals surface area contributed by atoms with Crippen LogP contribution >= 0.6 is 0 Å². The molecule has 0 radical (unpaired) electrons. The minimum absolute atomic E-state index is 0.0480. The molecule has 0 atom stereocenters. The van der Waals surface area contributed by atoms with Gasteiger partial charge in [-0.1, -0.05) is 6.07 Å². The standard InChI is InChI=1S/C21H24N6O3/c1-27(2)21(29)30-16-5-3-4-15(26-20(28)13-6-9-22-10-7-13)17(16)18-14-8-11-23-19(14)25-12-24-18/h3-5,8,11-13,22H,6-7,9-10H2,1-2H3,(H,26,28)(H,23,24,25). The smallest absolute Gasteiger partial charge is 0.409 e. The number of H-pyrrole nitrogens is 1. The molecule has 1 aromatic carbocycles. The molecule has 9 heteroatoms. The van der Waals surface area contributed by atoms with E-state index < -0.39 is 6.09 Å². The monoisotopic (exact) mass is 408 g/mol. The number of amides is 2. The van der Waals surface area contributed by atoms with Crippen molar-refractivity contribution in [3.05, 3.63) is 36.8 Å². The van der Waals surface area contributed by atoms with Crippen LogP contribution in [0.3, 0.4) is 0 Å². The highest BCUT2D eigenvalue weighted by Crippen LogP contribution is 2.39. The summed E-state index contributed by atoms with van der Waals surface area (Å²) in [5.41, 5.74) is 2.32. The molecule has 0 bridgehead atoms. The lowest BCUT2D eigenvalue weighted by Gasteiger charge is -2.23. The van der Waals surface area contributed by atoms with Crippen LogP contribution in [0.2, 0.25) is 0 Å². The average molecular weight is 408 g/mol. The van der Waals surface area contributed by atoms with Crippen molar-refractivity contribution in [2.24, 2.45) is 5.92 Å². The number of anilines is 1. The van der Waals surface area contributed by atoms with Crippen molar-refractivity contribution in [2.75, 3.05) is 32.5 Å². The Balaban J connectivity index is 1.78. The van der Waals surface area contributed by atoms with E-state index in [1.807, 2.05) is 6.07 Å². The zero-order valence-corrected chi connectivity index (χ0v) is 16.9. The van der Waals surface area contributed by atoms with Crippen molar-refractivity contribution in [1.29, 1.82) is 0 Å². The van der Waals surface area contributed by atoms with Crippen LogP contribution in [-0.4, -0.2) is 59.0 Å². The summed E-state index contributed by atoms with van der Waals surface area (Å²) in [6, 6.07) is 7.09. The van der Waals surface area contributed by atoms with Crippen LogP contribution in [0.5, 0.6) is 5.75 Å². The highest BCUT2D eigenvalue weighted by molar-refractivity contribution is 6.02. The first kappa shape index (κ1) is 19.8. The predicted octanol–water partition coefficient (Wildman–Crippen LogP) is 2.62. The van der Waals surface area contributed by atoms with E-state index >= 15 is 0 Å². The molecule has 2 aromatic heterocycles. The summed E-state index contributed by atoms with van der Waals surface area (Å²) < 4.78 is 5.61. The number of carbonyl (C=O) groups is 2. The zero-order chi connectivity index (χ0) is 21.1. The summed E-state index contributed by atoms with van der Waals surface area (Å²) in [7, 11) is 3.22. The van der Waals surface area contributed by atoms with Gasteiger partial charge in [0, 0.05) is 31.6 Å². The number of benzene rings is 1. The first-order valence-electron chi connectivity index (χ1n) is 9.87. The molecule has 30 heavy (non-hydrogen) atoms. The number of rotatable bonds is 4. The van der Waals surface area contributed by atoms with E-state index in [9.17, 15) is 9.59 Å². The predicted molar refractivity (Wildman–Crippen MR) is 113 cm³/mol. The van der Waals surface area contributed by atoms with E-state index in [4.69, 9.17) is 4.74 Å². The highest BCUT2D eigenvalue weighted by Gasteiger charge is 2.25. The summed E-state index contributed by atoms with van der Waals surface area (Å²) in [6.07, 6.45) is 4.26. The van der Waals surface area contributed by atoms with E-state index in [0.29, 0.717) is 28.3 Å². The number of piperidine rings is 1. The van der Waals surface area contributed by atoms with Crippen LogP contribution in [0, 0.1) is 5.92 Å². The van der Waals surface area contributed by atoms with Gasteiger partial charge < -0.3 is 25.3 Å². The molecule has 2 amide bonds. The molecule has 1 saturated heterocycles. The Kier molecular flexibility index (Phi) is 5.62. The molecule has 156 valence electrons. The Labute approximate surface area is 173 Å². The first-order chi connectivity index (χ1) is 14.5. The van der Waals surface area contributed by atoms with Gasteiger partial charge in [-0.15, -0.1) is 0 Å². The minimum atomic E-state index is -0.516. The maximum atomic E-state index is 12.9. The summed E-state index contributed by atoms with van der Waals surface area (Å²) >= 11 is 0. The van der Waals surface area contributed by atoms with Gasteiger partial charge in [0.25, 0.3) is 0 Å². The highest BCUT2D eigenvalue weighted by atomic mass is 16.6. The van der Waals surface area contributed by atoms with Crippen molar-refractivity contribution in [1.82, 2.24) is 25.2 Å². The number of hydrogen-bond acceptors (Lipinski definition) is 6. The second-order valence-electron chi connectivity index (χ2n) is 7.42. The van der Waals surface area contributed by atoms with Gasteiger partial charge in [-0.3, -0.25) is 4.79 Å². The van der Waals surface area contributed by atoms with E-state index in [0.717, 1.165) is 31.3 Å². The first-order valence-corrected chi connectivity index (χ1v) is 9.87. The molecule has 0 unspecified atom stereocenters. The van der Waals surface area contributed by atoms with Gasteiger partial charge in [0.2, 0.25) is 5.91 Å². The number of fused-ring (bicyclic) bond motifs is 1. The lowest BCUT2D eigenvalue weighted by molar-refractivity contribution is -0.120. The summed E-state index contributed by atoms with van der Waals surface area (Å²) in [5.74, 6) is 0.205. The number of carbonyl (C=O) groups excluding carboxylic acids is 2. The van der Waals surface area contributed by atoms with Crippen LogP contribution < -0.4 is 15.4 Å². The zero-order valence-electron chi connectivity index (χ0n) is 16.9. The Hall–Kier alpha value is -3.46. The fourth-order valence-electron chi connectivity index (χ4n) is 3.54. The maximum Gasteiger partial charge on any atom is 0.414 e. The molecule has 1 aliphatic heterocycles. The molecule has 0 spiro atoms. The number of aromatic nitrogens is 3. The molecular formula is C21H24N6O3. The minimum Gasteiger partial charge on any atom is -0.409 e. The summed E-state index contributed by atoms with van der Waals surface area (Å²) in [5, 5.41) is 7.07. The van der Waals surface area contributed by atoms with Crippen LogP contribution in [0.1, 0.15) is 12.8 Å². The molecule has 3 N–H and O–H groups in total. The van der Waals surface area contributed by atoms with Gasteiger partial charge in [0.05, 0.1) is 16.9 Å². The average Bonchev–Trinajstić information content (AvgIpc) is 3.24. The third-order valence-corrected chi connectivity index (χ3v) is 5.15. The Morgan fingerprint density at radius 1 is 1.17 bits per heavy atom. The van der Waals surface area contributed by atoms with Gasteiger partial charge in [0.15, 0.2) is 0 Å². The van der Waals surface area contributed by atoms with Crippen molar-refractivity contribution in [3.8, 4) is 17.0 Å². The molecule has 3 heterocycles. The molecule has 1 aliphatic rings. The van der Waals surface area contributed by atoms with Crippen LogP contribution in [0.25, 0.3) is 22.3 Å². The SMILES string of the molecule is CN(C)C(=O)Oc1cccc(NC(=O)C2CCNCC2)c1-c1ncnc2[nH]ccc12. The number of aromatic amines is 1. The number of nitrogens with zero attached hydrogens (tertiary/aromatic N) is 3. The number of hydrogen-bond donors (Lipinski definition) is 3. The number of ether oxygens (including phenoxy) is 1. The molecular weight excluding hydrogens is 384 g/mol. The fraction of sp³-hybridized carbons (Fsp3) is 0.333. The number of nitrogens with one attached hydrogen (secondary N) is 3. The van der Waals surface area contributed by atoms with Gasteiger partial charge in [0.1, 0.15) is 17.7 Å². The Bertz CT molecular complexity index is 1070.